The maximum atomic E-state index is 10.9. The predicted molar refractivity (Wildman–Crippen MR) is 68.7 cm³/mol. The summed E-state index contributed by atoms with van der Waals surface area (Å²) in [6.45, 7) is 7.49. The summed E-state index contributed by atoms with van der Waals surface area (Å²) in [4.78, 5) is 10.5. The number of nitrogens with zero attached hydrogens (tertiary/aromatic N) is 3. The molecule has 0 fully saturated rings. The maximum absolute atomic E-state index is 10.9. The SMILES string of the molecule is Cc1nn(C)c(NCCOCC(C)C)c1[N+](=O)[O-]. The number of anilines is 1. The lowest BCUT2D eigenvalue weighted by Crippen LogP contribution is -2.14. The Balaban J connectivity index is 2.54. The van der Waals surface area contributed by atoms with Crippen LogP contribution in [0.5, 0.6) is 0 Å². The van der Waals surface area contributed by atoms with Crippen LogP contribution < -0.4 is 5.32 Å². The van der Waals surface area contributed by atoms with Gasteiger partial charge in [0.05, 0.1) is 11.5 Å². The Labute approximate surface area is 106 Å². The summed E-state index contributed by atoms with van der Waals surface area (Å²) in [6, 6.07) is 0. The Morgan fingerprint density at radius 1 is 1.56 bits per heavy atom. The summed E-state index contributed by atoms with van der Waals surface area (Å²) in [7, 11) is 1.68. The summed E-state index contributed by atoms with van der Waals surface area (Å²) < 4.78 is 6.88. The number of rotatable bonds is 7. The fraction of sp³-hybridized carbons (Fsp3) is 0.727. The third kappa shape index (κ3) is 3.69. The quantitative estimate of drug-likeness (QED) is 0.456. The highest BCUT2D eigenvalue weighted by Crippen LogP contribution is 2.26. The third-order valence-corrected chi connectivity index (χ3v) is 2.36. The molecule has 1 aromatic heterocycles. The van der Waals surface area contributed by atoms with Crippen LogP contribution in [0.3, 0.4) is 0 Å². The van der Waals surface area contributed by atoms with Gasteiger partial charge in [-0.05, 0) is 12.8 Å². The third-order valence-electron chi connectivity index (χ3n) is 2.36. The molecule has 7 heteroatoms. The Bertz CT molecular complexity index is 415. The van der Waals surface area contributed by atoms with Gasteiger partial charge in [-0.1, -0.05) is 13.8 Å². The van der Waals surface area contributed by atoms with Crippen LogP contribution in [0.2, 0.25) is 0 Å². The van der Waals surface area contributed by atoms with Crippen molar-refractivity contribution in [3.8, 4) is 0 Å². The second-order valence-electron chi connectivity index (χ2n) is 4.56. The molecule has 0 aliphatic heterocycles. The van der Waals surface area contributed by atoms with Crippen LogP contribution >= 0.6 is 0 Å². The van der Waals surface area contributed by atoms with Gasteiger partial charge in [0.1, 0.15) is 5.69 Å². The van der Waals surface area contributed by atoms with Crippen LogP contribution in [0.25, 0.3) is 0 Å². The number of nitro groups is 1. The van der Waals surface area contributed by atoms with Crippen LogP contribution in [0.15, 0.2) is 0 Å². The maximum Gasteiger partial charge on any atom is 0.333 e. The predicted octanol–water partition coefficient (Wildman–Crippen LogP) is 1.72. The molecule has 0 aromatic carbocycles. The van der Waals surface area contributed by atoms with Gasteiger partial charge in [-0.3, -0.25) is 10.1 Å². The first-order valence-corrected chi connectivity index (χ1v) is 5.93. The Hall–Kier alpha value is -1.63. The van der Waals surface area contributed by atoms with E-state index < -0.39 is 4.92 Å². The summed E-state index contributed by atoms with van der Waals surface area (Å²) in [5, 5.41) is 17.9. The molecule has 0 aliphatic carbocycles. The molecule has 0 saturated carbocycles. The fourth-order valence-corrected chi connectivity index (χ4v) is 1.62. The number of nitrogens with one attached hydrogen (secondary N) is 1. The second kappa shape index (κ2) is 6.34. The van der Waals surface area contributed by atoms with E-state index in [9.17, 15) is 10.1 Å². The zero-order chi connectivity index (χ0) is 13.7. The zero-order valence-corrected chi connectivity index (χ0v) is 11.3. The van der Waals surface area contributed by atoms with Gasteiger partial charge in [0, 0.05) is 20.2 Å². The lowest BCUT2D eigenvalue weighted by atomic mass is 10.2. The first kappa shape index (κ1) is 14.4. The van der Waals surface area contributed by atoms with E-state index in [0.29, 0.717) is 37.2 Å². The van der Waals surface area contributed by atoms with E-state index in [1.807, 2.05) is 0 Å². The van der Waals surface area contributed by atoms with Gasteiger partial charge < -0.3 is 10.1 Å². The van der Waals surface area contributed by atoms with Crippen LogP contribution in [-0.4, -0.2) is 34.5 Å². The summed E-state index contributed by atoms with van der Waals surface area (Å²) >= 11 is 0. The minimum absolute atomic E-state index is 0.0290. The highest BCUT2D eigenvalue weighted by molar-refractivity contribution is 5.59. The number of aryl methyl sites for hydroxylation is 2. The van der Waals surface area contributed by atoms with Crippen molar-refractivity contribution in [1.82, 2.24) is 9.78 Å². The molecule has 0 aliphatic rings. The average molecular weight is 256 g/mol. The van der Waals surface area contributed by atoms with Crippen LogP contribution in [-0.2, 0) is 11.8 Å². The molecule has 0 atom stereocenters. The van der Waals surface area contributed by atoms with Gasteiger partial charge in [-0.25, -0.2) is 4.68 Å². The number of hydrogen-bond donors (Lipinski definition) is 1. The lowest BCUT2D eigenvalue weighted by Gasteiger charge is -2.08. The average Bonchev–Trinajstić information content (AvgIpc) is 2.52. The highest BCUT2D eigenvalue weighted by atomic mass is 16.6. The minimum Gasteiger partial charge on any atom is -0.379 e. The molecular weight excluding hydrogens is 236 g/mol. The van der Waals surface area contributed by atoms with E-state index in [4.69, 9.17) is 4.74 Å². The normalized spacial score (nSPS) is 10.9. The van der Waals surface area contributed by atoms with Crippen molar-refractivity contribution in [3.63, 3.8) is 0 Å². The molecule has 1 N–H and O–H groups in total. The van der Waals surface area contributed by atoms with Crippen molar-refractivity contribution < 1.29 is 9.66 Å². The van der Waals surface area contributed by atoms with Gasteiger partial charge in [0.2, 0.25) is 5.82 Å². The van der Waals surface area contributed by atoms with Crippen LogP contribution in [0, 0.1) is 23.0 Å². The van der Waals surface area contributed by atoms with Gasteiger partial charge in [0.15, 0.2) is 0 Å². The van der Waals surface area contributed by atoms with Crippen molar-refractivity contribution in [2.45, 2.75) is 20.8 Å². The van der Waals surface area contributed by atoms with Crippen LogP contribution in [0.4, 0.5) is 11.5 Å². The van der Waals surface area contributed by atoms with E-state index in [1.54, 1.807) is 14.0 Å². The highest BCUT2D eigenvalue weighted by Gasteiger charge is 2.23. The monoisotopic (exact) mass is 256 g/mol. The van der Waals surface area contributed by atoms with E-state index in [-0.39, 0.29) is 5.69 Å². The van der Waals surface area contributed by atoms with E-state index in [1.165, 1.54) is 4.68 Å². The molecule has 1 heterocycles. The topological polar surface area (TPSA) is 82.2 Å². The molecule has 7 nitrogen and oxygen atoms in total. The van der Waals surface area contributed by atoms with E-state index in [2.05, 4.69) is 24.3 Å². The summed E-state index contributed by atoms with van der Waals surface area (Å²) in [5.41, 5.74) is 0.439. The number of aromatic nitrogens is 2. The number of hydrogen-bond acceptors (Lipinski definition) is 5. The van der Waals surface area contributed by atoms with Crippen molar-refractivity contribution in [2.24, 2.45) is 13.0 Å². The van der Waals surface area contributed by atoms with Crippen LogP contribution in [0.1, 0.15) is 19.5 Å². The molecule has 1 aromatic rings. The first-order valence-electron chi connectivity index (χ1n) is 5.93. The molecule has 102 valence electrons. The molecule has 0 saturated heterocycles. The zero-order valence-electron chi connectivity index (χ0n) is 11.3. The molecule has 0 spiro atoms. The molecular formula is C11H20N4O3. The molecule has 0 unspecified atom stereocenters. The largest absolute Gasteiger partial charge is 0.379 e. The Kier molecular flexibility index (Phi) is 5.08. The smallest absolute Gasteiger partial charge is 0.333 e. The number of ether oxygens (including phenoxy) is 1. The second-order valence-corrected chi connectivity index (χ2v) is 4.56. The summed E-state index contributed by atoms with van der Waals surface area (Å²) in [6.07, 6.45) is 0. The first-order chi connectivity index (χ1) is 8.43. The fourth-order valence-electron chi connectivity index (χ4n) is 1.62. The molecule has 0 bridgehead atoms. The molecule has 1 rings (SSSR count). The molecule has 18 heavy (non-hydrogen) atoms. The summed E-state index contributed by atoms with van der Waals surface area (Å²) in [5.74, 6) is 0.906. The van der Waals surface area contributed by atoms with Crippen molar-refractivity contribution in [1.29, 1.82) is 0 Å². The Morgan fingerprint density at radius 3 is 2.78 bits per heavy atom. The minimum atomic E-state index is -0.417. The van der Waals surface area contributed by atoms with Crippen molar-refractivity contribution in [2.75, 3.05) is 25.1 Å². The lowest BCUT2D eigenvalue weighted by molar-refractivity contribution is -0.384. The van der Waals surface area contributed by atoms with Gasteiger partial charge in [0.25, 0.3) is 0 Å². The van der Waals surface area contributed by atoms with E-state index >= 15 is 0 Å². The Morgan fingerprint density at radius 2 is 2.22 bits per heavy atom. The van der Waals surface area contributed by atoms with Crippen molar-refractivity contribution >= 4 is 11.5 Å². The van der Waals surface area contributed by atoms with Gasteiger partial charge in [-0.2, -0.15) is 5.10 Å². The molecule has 0 amide bonds. The van der Waals surface area contributed by atoms with Gasteiger partial charge in [-0.15, -0.1) is 0 Å². The standard InChI is InChI=1S/C11H20N4O3/c1-8(2)7-18-6-5-12-11-10(15(16)17)9(3)13-14(11)4/h8,12H,5-7H2,1-4H3. The van der Waals surface area contributed by atoms with E-state index in [0.717, 1.165) is 0 Å². The van der Waals surface area contributed by atoms with Crippen molar-refractivity contribution in [3.05, 3.63) is 15.8 Å². The van der Waals surface area contributed by atoms with Gasteiger partial charge >= 0.3 is 5.69 Å². The molecule has 0 radical (unpaired) electrons.